The molecule has 1 aliphatic heterocycles. The van der Waals surface area contributed by atoms with Crippen LogP contribution in [0.1, 0.15) is 70.7 Å². The highest BCUT2D eigenvalue weighted by molar-refractivity contribution is 5.85. The molecule has 0 spiro atoms. The molecule has 2 rings (SSSR count). The zero-order valence-electron chi connectivity index (χ0n) is 17.7. The molecule has 1 heterocycles. The summed E-state index contributed by atoms with van der Waals surface area (Å²) in [7, 11) is 0. The number of alkyl halides is 3. The van der Waals surface area contributed by atoms with Crippen LogP contribution in [0.2, 0.25) is 0 Å². The zero-order valence-corrected chi connectivity index (χ0v) is 18.5. The first-order chi connectivity index (χ1) is 12.2. The van der Waals surface area contributed by atoms with Crippen molar-refractivity contribution in [3.8, 4) is 5.75 Å². The number of benzene rings is 1. The van der Waals surface area contributed by atoms with Crippen molar-refractivity contribution < 1.29 is 18.3 Å². The third kappa shape index (κ3) is 6.26. The third-order valence-corrected chi connectivity index (χ3v) is 5.15. The van der Waals surface area contributed by atoms with E-state index in [4.69, 9.17) is 0 Å². The Morgan fingerprint density at radius 1 is 0.964 bits per heavy atom. The number of hydrogen-bond donors (Lipinski definition) is 2. The fourth-order valence-electron chi connectivity index (χ4n) is 3.66. The number of phenols is 1. The SMILES string of the molecule is CC(C)(C)c1cc([C@@H](CC(F)(F)F)N2CCNCC2)cc(C(C)(C)C)c1O.Cl. The minimum absolute atomic E-state index is 0. The summed E-state index contributed by atoms with van der Waals surface area (Å²) in [5, 5.41) is 14.1. The number of halogens is 4. The van der Waals surface area contributed by atoms with Crippen molar-refractivity contribution in [3.63, 3.8) is 0 Å². The summed E-state index contributed by atoms with van der Waals surface area (Å²) in [5.41, 5.74) is 1.31. The van der Waals surface area contributed by atoms with Gasteiger partial charge in [0.25, 0.3) is 0 Å². The van der Waals surface area contributed by atoms with E-state index in [0.29, 0.717) is 42.9 Å². The Morgan fingerprint density at radius 3 is 1.75 bits per heavy atom. The number of nitrogens with one attached hydrogen (secondary N) is 1. The van der Waals surface area contributed by atoms with Gasteiger partial charge in [0, 0.05) is 32.2 Å². The quantitative estimate of drug-likeness (QED) is 0.693. The first kappa shape index (κ1) is 25.1. The van der Waals surface area contributed by atoms with Crippen molar-refractivity contribution in [2.75, 3.05) is 26.2 Å². The molecule has 0 aromatic heterocycles. The maximum Gasteiger partial charge on any atom is 0.390 e. The fraction of sp³-hybridized carbons (Fsp3) is 0.714. The van der Waals surface area contributed by atoms with Crippen molar-refractivity contribution in [2.45, 2.75) is 71.0 Å². The molecule has 1 aromatic rings. The van der Waals surface area contributed by atoms with Crippen molar-refractivity contribution >= 4 is 12.4 Å². The van der Waals surface area contributed by atoms with Gasteiger partial charge in [-0.25, -0.2) is 0 Å². The summed E-state index contributed by atoms with van der Waals surface area (Å²) >= 11 is 0. The lowest BCUT2D eigenvalue weighted by Gasteiger charge is -2.37. The molecule has 0 amide bonds. The van der Waals surface area contributed by atoms with Crippen molar-refractivity contribution in [1.29, 1.82) is 0 Å². The Hall–Kier alpha value is -0.980. The van der Waals surface area contributed by atoms with Crippen molar-refractivity contribution in [1.82, 2.24) is 10.2 Å². The molecule has 1 saturated heterocycles. The van der Waals surface area contributed by atoms with Crippen LogP contribution < -0.4 is 5.32 Å². The highest BCUT2D eigenvalue weighted by Gasteiger charge is 2.37. The summed E-state index contributed by atoms with van der Waals surface area (Å²) < 4.78 is 40.2. The van der Waals surface area contributed by atoms with E-state index in [2.05, 4.69) is 5.32 Å². The average molecular weight is 423 g/mol. The lowest BCUT2D eigenvalue weighted by Crippen LogP contribution is -2.46. The van der Waals surface area contributed by atoms with Crippen LogP contribution in [0.25, 0.3) is 0 Å². The van der Waals surface area contributed by atoms with Gasteiger partial charge in [0.05, 0.1) is 6.42 Å². The molecule has 28 heavy (non-hydrogen) atoms. The van der Waals surface area contributed by atoms with Crippen LogP contribution in [-0.4, -0.2) is 42.4 Å². The van der Waals surface area contributed by atoms with Gasteiger partial charge < -0.3 is 10.4 Å². The van der Waals surface area contributed by atoms with Crippen LogP contribution >= 0.6 is 12.4 Å². The number of nitrogens with zero attached hydrogens (tertiary/aromatic N) is 1. The monoisotopic (exact) mass is 422 g/mol. The standard InChI is InChI=1S/C21H33F3N2O.ClH/c1-19(2,3)15-11-14(12-16(18(15)27)20(4,5)6)17(13-21(22,23)24)26-9-7-25-8-10-26;/h11-12,17,25,27H,7-10,13H2,1-6H3;1H/t17-;/m1./s1. The second-order valence-corrected chi connectivity index (χ2v) is 9.59. The second kappa shape index (κ2) is 8.80. The lowest BCUT2D eigenvalue weighted by atomic mass is 9.77. The van der Waals surface area contributed by atoms with Gasteiger partial charge in [-0.3, -0.25) is 4.90 Å². The van der Waals surface area contributed by atoms with E-state index in [9.17, 15) is 18.3 Å². The molecule has 0 radical (unpaired) electrons. The predicted molar refractivity (Wildman–Crippen MR) is 111 cm³/mol. The zero-order chi connectivity index (χ0) is 20.6. The number of rotatable bonds is 3. The van der Waals surface area contributed by atoms with Gasteiger partial charge in [0.2, 0.25) is 0 Å². The van der Waals surface area contributed by atoms with Gasteiger partial charge in [-0.05, 0) is 39.7 Å². The minimum atomic E-state index is -4.25. The van der Waals surface area contributed by atoms with Crippen LogP contribution in [0.4, 0.5) is 13.2 Å². The first-order valence-electron chi connectivity index (χ1n) is 9.59. The molecule has 0 unspecified atom stereocenters. The third-order valence-electron chi connectivity index (χ3n) is 5.15. The average Bonchev–Trinajstić information content (AvgIpc) is 2.51. The van der Waals surface area contributed by atoms with Crippen LogP contribution in [0.5, 0.6) is 5.75 Å². The van der Waals surface area contributed by atoms with Gasteiger partial charge in [0.1, 0.15) is 5.75 Å². The Kier molecular flexibility index (Phi) is 7.88. The van der Waals surface area contributed by atoms with Crippen LogP contribution in [0.3, 0.4) is 0 Å². The molecular weight excluding hydrogens is 389 g/mol. The summed E-state index contributed by atoms with van der Waals surface area (Å²) in [4.78, 5) is 1.91. The Balaban J connectivity index is 0.00000392. The Bertz CT molecular complexity index is 622. The molecule has 7 heteroatoms. The Labute approximate surface area is 173 Å². The van der Waals surface area contributed by atoms with Gasteiger partial charge in [-0.2, -0.15) is 13.2 Å². The van der Waals surface area contributed by atoms with Crippen molar-refractivity contribution in [3.05, 3.63) is 28.8 Å². The maximum atomic E-state index is 13.4. The van der Waals surface area contributed by atoms with Crippen LogP contribution in [0.15, 0.2) is 12.1 Å². The van der Waals surface area contributed by atoms with Crippen LogP contribution in [0, 0.1) is 0 Å². The molecule has 0 saturated carbocycles. The molecule has 1 atom stereocenters. The largest absolute Gasteiger partial charge is 0.507 e. The van der Waals surface area contributed by atoms with E-state index in [1.165, 1.54) is 0 Å². The van der Waals surface area contributed by atoms with Gasteiger partial charge in [-0.15, -0.1) is 12.4 Å². The van der Waals surface area contributed by atoms with E-state index < -0.39 is 18.6 Å². The summed E-state index contributed by atoms with van der Waals surface area (Å²) in [5.74, 6) is 0.199. The van der Waals surface area contributed by atoms with Gasteiger partial charge in [0.15, 0.2) is 0 Å². The number of hydrogen-bond acceptors (Lipinski definition) is 3. The van der Waals surface area contributed by atoms with E-state index in [1.807, 2.05) is 46.4 Å². The molecule has 0 aliphatic carbocycles. The highest BCUT2D eigenvalue weighted by Crippen LogP contribution is 2.43. The van der Waals surface area contributed by atoms with E-state index >= 15 is 0 Å². The Morgan fingerprint density at radius 2 is 1.39 bits per heavy atom. The van der Waals surface area contributed by atoms with Gasteiger partial charge >= 0.3 is 6.18 Å². The summed E-state index contributed by atoms with van der Waals surface area (Å²) in [6.45, 7) is 14.4. The summed E-state index contributed by atoms with van der Waals surface area (Å²) in [6.07, 6.45) is -5.14. The molecule has 0 bridgehead atoms. The predicted octanol–water partition coefficient (Wildman–Crippen LogP) is 5.31. The first-order valence-corrected chi connectivity index (χ1v) is 9.59. The molecule has 2 N–H and O–H groups in total. The fourth-order valence-corrected chi connectivity index (χ4v) is 3.66. The number of piperazine rings is 1. The second-order valence-electron chi connectivity index (χ2n) is 9.59. The van der Waals surface area contributed by atoms with Crippen molar-refractivity contribution in [2.24, 2.45) is 0 Å². The van der Waals surface area contributed by atoms with Crippen LogP contribution in [-0.2, 0) is 10.8 Å². The van der Waals surface area contributed by atoms with E-state index in [0.717, 1.165) is 0 Å². The van der Waals surface area contributed by atoms with E-state index in [1.54, 1.807) is 12.1 Å². The molecule has 1 aromatic carbocycles. The highest BCUT2D eigenvalue weighted by atomic mass is 35.5. The summed E-state index contributed by atoms with van der Waals surface area (Å²) in [6, 6.07) is 2.82. The lowest BCUT2D eigenvalue weighted by molar-refractivity contribution is -0.148. The smallest absolute Gasteiger partial charge is 0.390 e. The molecule has 3 nitrogen and oxygen atoms in total. The number of phenolic OH excluding ortho intramolecular Hbond substituents is 1. The minimum Gasteiger partial charge on any atom is -0.507 e. The van der Waals surface area contributed by atoms with E-state index in [-0.39, 0.29) is 29.0 Å². The molecular formula is C21H34ClF3N2O. The number of aromatic hydroxyl groups is 1. The normalized spacial score (nSPS) is 17.9. The van der Waals surface area contributed by atoms with Gasteiger partial charge in [-0.1, -0.05) is 41.5 Å². The topological polar surface area (TPSA) is 35.5 Å². The molecule has 162 valence electrons. The maximum absolute atomic E-state index is 13.4. The molecule has 1 aliphatic rings. The molecule has 1 fully saturated rings.